The van der Waals surface area contributed by atoms with E-state index in [1.807, 2.05) is 0 Å². The Morgan fingerprint density at radius 1 is 1.20 bits per heavy atom. The fraction of sp³-hybridized carbons (Fsp3) is 0.923. The highest BCUT2D eigenvalue weighted by Gasteiger charge is 2.50. The zero-order valence-corrected chi connectivity index (χ0v) is 10.2. The summed E-state index contributed by atoms with van der Waals surface area (Å²) in [6.45, 7) is 16.4. The molecule has 1 heterocycles. The molecular formula is C13H22N2. The molecule has 2 fully saturated rings. The van der Waals surface area contributed by atoms with Crippen LogP contribution in [0.15, 0.2) is 0 Å². The highest BCUT2D eigenvalue weighted by molar-refractivity contribution is 5.05. The van der Waals surface area contributed by atoms with Crippen LogP contribution < -0.4 is 0 Å². The van der Waals surface area contributed by atoms with Crippen molar-refractivity contribution in [3.63, 3.8) is 0 Å². The number of hydrogen-bond acceptors (Lipinski definition) is 1. The molecular weight excluding hydrogens is 184 g/mol. The molecule has 0 N–H and O–H groups in total. The summed E-state index contributed by atoms with van der Waals surface area (Å²) in [6.07, 6.45) is 4.98. The molecule has 15 heavy (non-hydrogen) atoms. The fourth-order valence-electron chi connectivity index (χ4n) is 3.09. The third kappa shape index (κ3) is 2.03. The van der Waals surface area contributed by atoms with Crippen LogP contribution in [0.5, 0.6) is 0 Å². The molecule has 0 unspecified atom stereocenters. The summed E-state index contributed by atoms with van der Waals surface area (Å²) >= 11 is 0. The largest absolute Gasteiger partial charge is 0.314 e. The van der Waals surface area contributed by atoms with Gasteiger partial charge in [0.15, 0.2) is 0 Å². The average molecular weight is 206 g/mol. The Kier molecular flexibility index (Phi) is 2.55. The van der Waals surface area contributed by atoms with E-state index in [2.05, 4.69) is 30.5 Å². The monoisotopic (exact) mass is 206 g/mol. The van der Waals surface area contributed by atoms with Crippen LogP contribution in [0.25, 0.3) is 4.85 Å². The third-order valence-corrected chi connectivity index (χ3v) is 4.29. The number of likely N-dealkylation sites (tertiary alicyclic amines) is 1. The minimum atomic E-state index is 0.324. The van der Waals surface area contributed by atoms with Crippen LogP contribution in [0.4, 0.5) is 0 Å². The van der Waals surface area contributed by atoms with Gasteiger partial charge in [-0.3, -0.25) is 4.90 Å². The van der Waals surface area contributed by atoms with Gasteiger partial charge in [-0.1, -0.05) is 0 Å². The first-order valence-corrected chi connectivity index (χ1v) is 6.07. The van der Waals surface area contributed by atoms with Gasteiger partial charge in [0.25, 0.3) is 0 Å². The Labute approximate surface area is 93.5 Å². The zero-order valence-electron chi connectivity index (χ0n) is 10.2. The van der Waals surface area contributed by atoms with Crippen molar-refractivity contribution in [3.8, 4) is 0 Å². The van der Waals surface area contributed by atoms with E-state index < -0.39 is 0 Å². The Bertz CT molecular complexity index is 266. The second kappa shape index (κ2) is 3.49. The van der Waals surface area contributed by atoms with Gasteiger partial charge in [-0.25, -0.2) is 6.57 Å². The van der Waals surface area contributed by atoms with Crippen LogP contribution in [-0.2, 0) is 0 Å². The number of piperidine rings is 1. The van der Waals surface area contributed by atoms with Crippen molar-refractivity contribution >= 4 is 0 Å². The van der Waals surface area contributed by atoms with E-state index in [-0.39, 0.29) is 0 Å². The van der Waals surface area contributed by atoms with Gasteiger partial charge >= 0.3 is 0 Å². The fourth-order valence-corrected chi connectivity index (χ4v) is 3.09. The second-order valence-corrected chi connectivity index (χ2v) is 6.35. The van der Waals surface area contributed by atoms with Crippen LogP contribution in [0.3, 0.4) is 0 Å². The first-order chi connectivity index (χ1) is 6.95. The van der Waals surface area contributed by atoms with Crippen molar-refractivity contribution in [2.24, 2.45) is 5.41 Å². The average Bonchev–Trinajstić information content (AvgIpc) is 2.12. The minimum absolute atomic E-state index is 0.324. The molecule has 1 aliphatic heterocycles. The summed E-state index contributed by atoms with van der Waals surface area (Å²) in [5, 5.41) is 0. The highest BCUT2D eigenvalue weighted by Crippen LogP contribution is 2.50. The summed E-state index contributed by atoms with van der Waals surface area (Å²) in [5.74, 6) is 0. The standard InChI is InChI=1S/C13H22N2/c1-12(2,3)15-7-5-13(6-8-15)9-11(10-13)14-4/h11H,5-10H2,1-3H3. The van der Waals surface area contributed by atoms with Crippen LogP contribution in [0.1, 0.15) is 46.5 Å². The lowest BCUT2D eigenvalue weighted by atomic mass is 9.60. The Balaban J connectivity index is 1.87. The zero-order chi connectivity index (χ0) is 11.1. The SMILES string of the molecule is [C-]#[N+]C1CC2(CCN(C(C)(C)C)CC2)C1. The smallest absolute Gasteiger partial charge is 0.224 e. The summed E-state index contributed by atoms with van der Waals surface area (Å²) < 4.78 is 0. The van der Waals surface area contributed by atoms with Gasteiger partial charge in [0.1, 0.15) is 0 Å². The molecule has 2 aliphatic rings. The molecule has 2 heteroatoms. The number of hydrogen-bond donors (Lipinski definition) is 0. The van der Waals surface area contributed by atoms with Gasteiger partial charge < -0.3 is 4.85 Å². The van der Waals surface area contributed by atoms with Crippen LogP contribution in [0, 0.1) is 12.0 Å². The summed E-state index contributed by atoms with van der Waals surface area (Å²) in [4.78, 5) is 6.23. The molecule has 1 aliphatic carbocycles. The molecule has 1 saturated carbocycles. The highest BCUT2D eigenvalue weighted by atomic mass is 15.2. The lowest BCUT2D eigenvalue weighted by Gasteiger charge is -2.50. The maximum Gasteiger partial charge on any atom is 0.224 e. The van der Waals surface area contributed by atoms with Crippen molar-refractivity contribution < 1.29 is 0 Å². The van der Waals surface area contributed by atoms with E-state index in [1.54, 1.807) is 0 Å². The molecule has 2 nitrogen and oxygen atoms in total. The van der Waals surface area contributed by atoms with Crippen LogP contribution in [0.2, 0.25) is 0 Å². The lowest BCUT2D eigenvalue weighted by Crippen LogP contribution is -2.53. The van der Waals surface area contributed by atoms with Gasteiger partial charge in [-0.2, -0.15) is 0 Å². The first kappa shape index (κ1) is 11.0. The van der Waals surface area contributed by atoms with Crippen molar-refractivity contribution in [1.82, 2.24) is 4.90 Å². The van der Waals surface area contributed by atoms with Gasteiger partial charge in [0.05, 0.1) is 0 Å². The molecule has 0 radical (unpaired) electrons. The molecule has 84 valence electrons. The molecule has 0 amide bonds. The summed E-state index contributed by atoms with van der Waals surface area (Å²) in [6, 6.07) is 0.353. The van der Waals surface area contributed by atoms with E-state index in [0.717, 1.165) is 0 Å². The van der Waals surface area contributed by atoms with Gasteiger partial charge in [0, 0.05) is 18.4 Å². The maximum absolute atomic E-state index is 7.02. The molecule has 0 aromatic carbocycles. The third-order valence-electron chi connectivity index (χ3n) is 4.29. The quantitative estimate of drug-likeness (QED) is 0.553. The van der Waals surface area contributed by atoms with E-state index >= 15 is 0 Å². The van der Waals surface area contributed by atoms with Gasteiger partial charge in [-0.15, -0.1) is 0 Å². The first-order valence-electron chi connectivity index (χ1n) is 6.07. The summed E-state index contributed by atoms with van der Waals surface area (Å²) in [5.41, 5.74) is 0.890. The second-order valence-electron chi connectivity index (χ2n) is 6.35. The van der Waals surface area contributed by atoms with Crippen molar-refractivity contribution in [2.75, 3.05) is 13.1 Å². The van der Waals surface area contributed by atoms with Crippen LogP contribution >= 0.6 is 0 Å². The van der Waals surface area contributed by atoms with Gasteiger partial charge in [0.2, 0.25) is 6.04 Å². The van der Waals surface area contributed by atoms with Crippen LogP contribution in [-0.4, -0.2) is 29.6 Å². The van der Waals surface area contributed by atoms with E-state index in [9.17, 15) is 0 Å². The molecule has 0 aromatic rings. The summed E-state index contributed by atoms with van der Waals surface area (Å²) in [7, 11) is 0. The molecule has 0 atom stereocenters. The van der Waals surface area contributed by atoms with E-state index in [1.165, 1.54) is 38.8 Å². The van der Waals surface area contributed by atoms with Crippen molar-refractivity contribution in [1.29, 1.82) is 0 Å². The van der Waals surface area contributed by atoms with Crippen molar-refractivity contribution in [3.05, 3.63) is 11.4 Å². The molecule has 1 spiro atoms. The molecule has 0 bridgehead atoms. The van der Waals surface area contributed by atoms with E-state index in [4.69, 9.17) is 6.57 Å². The Hall–Kier alpha value is -0.550. The predicted molar refractivity (Wildman–Crippen MR) is 62.6 cm³/mol. The van der Waals surface area contributed by atoms with Crippen molar-refractivity contribution in [2.45, 2.75) is 58.0 Å². The normalized spacial score (nSPS) is 27.3. The van der Waals surface area contributed by atoms with Gasteiger partial charge in [-0.05, 0) is 52.1 Å². The predicted octanol–water partition coefficient (Wildman–Crippen LogP) is 2.95. The topological polar surface area (TPSA) is 7.60 Å². The molecule has 0 aromatic heterocycles. The molecule has 2 rings (SSSR count). The lowest BCUT2D eigenvalue weighted by molar-refractivity contribution is -0.00552. The Morgan fingerprint density at radius 3 is 2.13 bits per heavy atom. The Morgan fingerprint density at radius 2 is 1.73 bits per heavy atom. The van der Waals surface area contributed by atoms with E-state index in [0.29, 0.717) is 17.0 Å². The molecule has 1 saturated heterocycles. The number of rotatable bonds is 0. The number of nitrogens with zero attached hydrogens (tertiary/aromatic N) is 2. The minimum Gasteiger partial charge on any atom is -0.314 e. The maximum atomic E-state index is 7.02.